The van der Waals surface area contributed by atoms with Gasteiger partial charge in [-0.3, -0.25) is 4.79 Å². The zero-order chi connectivity index (χ0) is 15.1. The molecule has 0 aromatic heterocycles. The van der Waals surface area contributed by atoms with E-state index in [1.807, 2.05) is 27.7 Å². The minimum atomic E-state index is -0.835. The van der Waals surface area contributed by atoms with Gasteiger partial charge in [-0.1, -0.05) is 34.6 Å². The van der Waals surface area contributed by atoms with Crippen molar-refractivity contribution in [3.05, 3.63) is 0 Å². The van der Waals surface area contributed by atoms with Crippen LogP contribution in [0.3, 0.4) is 0 Å². The lowest BCUT2D eigenvalue weighted by molar-refractivity contribution is -0.140. The lowest BCUT2D eigenvalue weighted by Gasteiger charge is -2.31. The lowest BCUT2D eigenvalue weighted by Crippen LogP contribution is -2.42. The molecule has 108 valence electrons. The van der Waals surface area contributed by atoms with Gasteiger partial charge in [0.2, 0.25) is 0 Å². The molecule has 1 fully saturated rings. The highest BCUT2D eigenvalue weighted by Gasteiger charge is 2.22. The molecule has 1 rings (SSSR count). The van der Waals surface area contributed by atoms with Crippen LogP contribution in [0.25, 0.3) is 0 Å². The Kier molecular flexibility index (Phi) is 19.7. The molecule has 1 aliphatic heterocycles. The fraction of sp³-hybridized carbons (Fsp3) is 0.800. The Labute approximate surface area is 114 Å². The van der Waals surface area contributed by atoms with Gasteiger partial charge in [0.1, 0.15) is 6.10 Å². The summed E-state index contributed by atoms with van der Waals surface area (Å²) in [5.74, 6) is 0.602. The molecule has 1 saturated heterocycles. The third-order valence-corrected chi connectivity index (χ3v) is 2.45. The molecule has 3 heteroatoms. The number of nitrogens with zero attached hydrogens (tertiary/aromatic N) is 1. The molecule has 1 atom stereocenters. The maximum Gasteiger partial charge on any atom is 0.251 e. The van der Waals surface area contributed by atoms with Crippen molar-refractivity contribution in [1.29, 1.82) is 0 Å². The van der Waals surface area contributed by atoms with Crippen molar-refractivity contribution in [2.24, 2.45) is 5.92 Å². The van der Waals surface area contributed by atoms with Gasteiger partial charge in [-0.25, -0.2) is 0 Å². The first-order chi connectivity index (χ1) is 8.61. The van der Waals surface area contributed by atoms with Crippen LogP contribution in [0.2, 0.25) is 0 Å². The van der Waals surface area contributed by atoms with Crippen LogP contribution < -0.4 is 0 Å². The second-order valence-corrected chi connectivity index (χ2v) is 3.68. The van der Waals surface area contributed by atoms with E-state index in [0.717, 1.165) is 31.8 Å². The van der Waals surface area contributed by atoms with Gasteiger partial charge in [0.25, 0.3) is 5.91 Å². The van der Waals surface area contributed by atoms with Gasteiger partial charge in [0, 0.05) is 13.1 Å². The highest BCUT2D eigenvalue weighted by Crippen LogP contribution is 2.16. The fourth-order valence-electron chi connectivity index (χ4n) is 1.49. The summed E-state index contributed by atoms with van der Waals surface area (Å²) < 4.78 is 0. The number of likely N-dealkylation sites (tertiary alicyclic amines) is 1. The largest absolute Gasteiger partial charge is 0.384 e. The summed E-state index contributed by atoms with van der Waals surface area (Å²) in [7, 11) is 0. The van der Waals surface area contributed by atoms with Crippen LogP contribution in [0.5, 0.6) is 0 Å². The summed E-state index contributed by atoms with van der Waals surface area (Å²) in [6.07, 6.45) is 9.30. The zero-order valence-corrected chi connectivity index (χ0v) is 12.9. The van der Waals surface area contributed by atoms with Crippen LogP contribution in [0, 0.1) is 18.8 Å². The summed E-state index contributed by atoms with van der Waals surface area (Å²) in [6, 6.07) is 0. The van der Waals surface area contributed by atoms with E-state index < -0.39 is 6.10 Å². The van der Waals surface area contributed by atoms with E-state index >= 15 is 0 Å². The highest BCUT2D eigenvalue weighted by molar-refractivity contribution is 5.80. The molecular formula is C15H31NO2. The van der Waals surface area contributed by atoms with E-state index in [9.17, 15) is 4.79 Å². The first-order valence-corrected chi connectivity index (χ1v) is 6.91. The Morgan fingerprint density at radius 1 is 1.17 bits per heavy atom. The van der Waals surface area contributed by atoms with Crippen molar-refractivity contribution >= 4 is 5.91 Å². The fourth-order valence-corrected chi connectivity index (χ4v) is 1.49. The van der Waals surface area contributed by atoms with E-state index in [1.54, 1.807) is 4.90 Å². The Morgan fingerprint density at radius 3 is 1.78 bits per heavy atom. The molecule has 0 radical (unpaired) electrons. The number of amides is 1. The third kappa shape index (κ3) is 10.2. The number of aliphatic hydroxyl groups excluding tert-OH is 1. The van der Waals surface area contributed by atoms with Crippen LogP contribution in [0.15, 0.2) is 0 Å². The first-order valence-electron chi connectivity index (χ1n) is 6.91. The SMILES string of the molecule is C#C.CC.CC.CC1CCN(C(=O)[C@H](C)O)CC1. The van der Waals surface area contributed by atoms with Gasteiger partial charge in [0.05, 0.1) is 0 Å². The van der Waals surface area contributed by atoms with Crippen LogP contribution in [-0.2, 0) is 4.79 Å². The molecule has 0 spiro atoms. The van der Waals surface area contributed by atoms with E-state index in [0.29, 0.717) is 0 Å². The van der Waals surface area contributed by atoms with Gasteiger partial charge in [-0.2, -0.15) is 0 Å². The zero-order valence-electron chi connectivity index (χ0n) is 12.9. The minimum Gasteiger partial charge on any atom is -0.384 e. The third-order valence-electron chi connectivity index (χ3n) is 2.45. The summed E-state index contributed by atoms with van der Waals surface area (Å²) in [5.41, 5.74) is 0. The number of carbonyl (C=O) groups excluding carboxylic acids is 1. The molecule has 1 aliphatic rings. The van der Waals surface area contributed by atoms with Gasteiger partial charge in [-0.05, 0) is 25.7 Å². The molecule has 0 aliphatic carbocycles. The lowest BCUT2D eigenvalue weighted by atomic mass is 9.99. The summed E-state index contributed by atoms with van der Waals surface area (Å²) >= 11 is 0. The first kappa shape index (κ1) is 22.2. The number of hydrogen-bond donors (Lipinski definition) is 1. The maximum atomic E-state index is 11.3. The number of piperidine rings is 1. The van der Waals surface area contributed by atoms with Gasteiger partial charge < -0.3 is 10.0 Å². The van der Waals surface area contributed by atoms with Crippen molar-refractivity contribution in [1.82, 2.24) is 4.90 Å². The second-order valence-electron chi connectivity index (χ2n) is 3.68. The van der Waals surface area contributed by atoms with Crippen molar-refractivity contribution in [2.75, 3.05) is 13.1 Å². The summed E-state index contributed by atoms with van der Waals surface area (Å²) in [4.78, 5) is 13.0. The van der Waals surface area contributed by atoms with Gasteiger partial charge in [-0.15, -0.1) is 12.8 Å². The summed E-state index contributed by atoms with van der Waals surface area (Å²) in [6.45, 7) is 13.3. The topological polar surface area (TPSA) is 40.5 Å². The molecule has 18 heavy (non-hydrogen) atoms. The standard InChI is InChI=1S/C9H17NO2.2C2H6.C2H2/c1-7-3-5-10(6-4-7)9(12)8(2)11;3*1-2/h7-8,11H,3-6H2,1-2H3;2*1-2H3;1-2H/t8-;;;/m0.../s1. The molecule has 0 aromatic rings. The Balaban J connectivity index is -0.000000328. The minimum absolute atomic E-state index is 0.123. The van der Waals surface area contributed by atoms with Crippen LogP contribution in [-0.4, -0.2) is 35.1 Å². The molecular weight excluding hydrogens is 226 g/mol. The predicted molar refractivity (Wildman–Crippen MR) is 79.2 cm³/mol. The van der Waals surface area contributed by atoms with E-state index in [4.69, 9.17) is 5.11 Å². The summed E-state index contributed by atoms with van der Waals surface area (Å²) in [5, 5.41) is 9.05. The number of hydrogen-bond acceptors (Lipinski definition) is 2. The van der Waals surface area contributed by atoms with Crippen LogP contribution >= 0.6 is 0 Å². The van der Waals surface area contributed by atoms with Crippen molar-refractivity contribution in [2.45, 2.75) is 60.5 Å². The molecule has 3 nitrogen and oxygen atoms in total. The normalized spacial score (nSPS) is 15.7. The highest BCUT2D eigenvalue weighted by atomic mass is 16.3. The van der Waals surface area contributed by atoms with Crippen molar-refractivity contribution in [3.63, 3.8) is 0 Å². The average Bonchev–Trinajstić information content (AvgIpc) is 2.45. The van der Waals surface area contributed by atoms with E-state index in [-0.39, 0.29) is 5.91 Å². The van der Waals surface area contributed by atoms with Crippen molar-refractivity contribution in [3.8, 4) is 12.8 Å². The number of terminal acetylenes is 1. The Morgan fingerprint density at radius 2 is 1.50 bits per heavy atom. The van der Waals surface area contributed by atoms with Crippen LogP contribution in [0.1, 0.15) is 54.4 Å². The molecule has 1 amide bonds. The number of rotatable bonds is 1. The maximum absolute atomic E-state index is 11.3. The molecule has 1 N–H and O–H groups in total. The van der Waals surface area contributed by atoms with Gasteiger partial charge in [0.15, 0.2) is 0 Å². The molecule has 0 bridgehead atoms. The Bertz CT molecular complexity index is 192. The average molecular weight is 257 g/mol. The number of carbonyl (C=O) groups is 1. The van der Waals surface area contributed by atoms with Crippen molar-refractivity contribution < 1.29 is 9.90 Å². The van der Waals surface area contributed by atoms with Crippen LogP contribution in [0.4, 0.5) is 0 Å². The smallest absolute Gasteiger partial charge is 0.251 e. The van der Waals surface area contributed by atoms with E-state index in [2.05, 4.69) is 19.8 Å². The molecule has 0 aromatic carbocycles. The predicted octanol–water partition coefficient (Wildman–Crippen LogP) is 2.93. The second kappa shape index (κ2) is 16.0. The molecule has 0 saturated carbocycles. The van der Waals surface area contributed by atoms with E-state index in [1.165, 1.54) is 6.92 Å². The molecule has 0 unspecified atom stereocenters. The quantitative estimate of drug-likeness (QED) is 0.734. The Hall–Kier alpha value is -1.01. The molecule has 1 heterocycles. The van der Waals surface area contributed by atoms with Gasteiger partial charge >= 0.3 is 0 Å². The number of aliphatic hydroxyl groups is 1. The monoisotopic (exact) mass is 257 g/mol.